The molecule has 1 amide bonds. The number of carboxylic acid groups (broad SMARTS) is 1. The molecule has 5 nitrogen and oxygen atoms in total. The van der Waals surface area contributed by atoms with Crippen molar-refractivity contribution in [1.29, 1.82) is 0 Å². The number of carbonyl (C=O) groups is 2. The van der Waals surface area contributed by atoms with Crippen LogP contribution >= 0.6 is 27.7 Å². The van der Waals surface area contributed by atoms with Crippen molar-refractivity contribution >= 4 is 45.3 Å². The number of thioether (sulfide) groups is 1. The van der Waals surface area contributed by atoms with Crippen LogP contribution in [0.3, 0.4) is 0 Å². The number of nitrogen functional groups attached to an aromatic ring is 1. The zero-order valence-corrected chi connectivity index (χ0v) is 12.6. The average Bonchev–Trinajstić information content (AvgIpc) is 2.69. The zero-order chi connectivity index (χ0) is 14.2. The van der Waals surface area contributed by atoms with Gasteiger partial charge in [-0.15, -0.1) is 11.8 Å². The van der Waals surface area contributed by atoms with Gasteiger partial charge in [0.1, 0.15) is 6.04 Å². The fraction of sp³-hybridized carbons (Fsp3) is 0.333. The Bertz CT molecular complexity index is 517. The van der Waals surface area contributed by atoms with Crippen molar-refractivity contribution in [3.63, 3.8) is 0 Å². The number of hydrogen-bond donors (Lipinski definition) is 2. The molecule has 1 heterocycles. The number of carboxylic acids is 1. The second-order valence-corrected chi connectivity index (χ2v) is 6.54. The molecular weight excluding hydrogens is 332 g/mol. The number of benzene rings is 1. The molecule has 1 aromatic rings. The number of aliphatic carboxylic acids is 1. The lowest BCUT2D eigenvalue weighted by atomic mass is 10.1. The molecule has 1 fully saturated rings. The largest absolute Gasteiger partial charge is 0.480 e. The summed E-state index contributed by atoms with van der Waals surface area (Å²) in [4.78, 5) is 25.0. The van der Waals surface area contributed by atoms with Gasteiger partial charge in [-0.2, -0.15) is 0 Å². The van der Waals surface area contributed by atoms with E-state index in [-0.39, 0.29) is 11.3 Å². The van der Waals surface area contributed by atoms with Crippen LogP contribution in [0, 0.1) is 0 Å². The van der Waals surface area contributed by atoms with Gasteiger partial charge in [-0.1, -0.05) is 15.9 Å². The van der Waals surface area contributed by atoms with E-state index in [1.165, 1.54) is 16.7 Å². The quantitative estimate of drug-likeness (QED) is 0.802. The molecule has 0 bridgehead atoms. The van der Waals surface area contributed by atoms with E-state index in [2.05, 4.69) is 15.9 Å². The number of carbonyl (C=O) groups excluding carboxylic acids is 1. The molecule has 1 saturated heterocycles. The lowest BCUT2D eigenvalue weighted by molar-refractivity contribution is -0.141. The molecule has 1 aliphatic heterocycles. The van der Waals surface area contributed by atoms with E-state index in [0.29, 0.717) is 21.5 Å². The van der Waals surface area contributed by atoms with Gasteiger partial charge in [0.2, 0.25) is 0 Å². The number of rotatable bonds is 2. The lowest BCUT2D eigenvalue weighted by Gasteiger charge is -2.25. The minimum absolute atomic E-state index is 0.159. The van der Waals surface area contributed by atoms with Crippen molar-refractivity contribution in [2.45, 2.75) is 18.3 Å². The van der Waals surface area contributed by atoms with Crippen molar-refractivity contribution in [2.24, 2.45) is 0 Å². The van der Waals surface area contributed by atoms with E-state index in [1.54, 1.807) is 18.2 Å². The third kappa shape index (κ3) is 2.87. The Kier molecular flexibility index (Phi) is 4.05. The summed E-state index contributed by atoms with van der Waals surface area (Å²) in [5, 5.41) is 9.01. The maximum atomic E-state index is 12.4. The highest BCUT2D eigenvalue weighted by molar-refractivity contribution is 9.10. The molecule has 7 heteroatoms. The van der Waals surface area contributed by atoms with Gasteiger partial charge in [0, 0.05) is 21.5 Å². The number of nitrogens with two attached hydrogens (primary N) is 1. The third-order valence-electron chi connectivity index (χ3n) is 2.91. The van der Waals surface area contributed by atoms with Crippen LogP contribution in [0.2, 0.25) is 0 Å². The highest BCUT2D eigenvalue weighted by Gasteiger charge is 2.39. The van der Waals surface area contributed by atoms with Gasteiger partial charge in [0.05, 0.1) is 5.37 Å². The predicted molar refractivity (Wildman–Crippen MR) is 78.1 cm³/mol. The molecule has 0 aromatic heterocycles. The monoisotopic (exact) mass is 344 g/mol. The van der Waals surface area contributed by atoms with E-state index in [9.17, 15) is 9.59 Å². The summed E-state index contributed by atoms with van der Waals surface area (Å²) in [6.07, 6.45) is 0. The van der Waals surface area contributed by atoms with Gasteiger partial charge < -0.3 is 15.7 Å². The molecule has 0 aliphatic carbocycles. The summed E-state index contributed by atoms with van der Waals surface area (Å²) in [6.45, 7) is 1.83. The smallest absolute Gasteiger partial charge is 0.327 e. The first-order valence-corrected chi connectivity index (χ1v) is 7.47. The Balaban J connectivity index is 2.34. The molecule has 102 valence electrons. The van der Waals surface area contributed by atoms with Gasteiger partial charge >= 0.3 is 5.97 Å². The van der Waals surface area contributed by atoms with Crippen LogP contribution in [0.15, 0.2) is 22.7 Å². The highest BCUT2D eigenvalue weighted by Crippen LogP contribution is 2.31. The van der Waals surface area contributed by atoms with Crippen LogP contribution in [-0.4, -0.2) is 39.1 Å². The Morgan fingerprint density at radius 1 is 1.47 bits per heavy atom. The first-order valence-electron chi connectivity index (χ1n) is 5.63. The van der Waals surface area contributed by atoms with Gasteiger partial charge in [0.25, 0.3) is 5.91 Å². The zero-order valence-electron chi connectivity index (χ0n) is 10.2. The van der Waals surface area contributed by atoms with Gasteiger partial charge in [-0.25, -0.2) is 4.79 Å². The number of halogens is 1. The summed E-state index contributed by atoms with van der Waals surface area (Å²) in [5.74, 6) is -0.878. The topological polar surface area (TPSA) is 83.6 Å². The third-order valence-corrected chi connectivity index (χ3v) is 4.58. The SMILES string of the molecule is CC1SCC(C(=O)O)N1C(=O)c1cc(N)cc(Br)c1. The molecule has 0 saturated carbocycles. The molecule has 0 spiro atoms. The molecule has 3 N–H and O–H groups in total. The van der Waals surface area contributed by atoms with Crippen LogP contribution < -0.4 is 5.73 Å². The fourth-order valence-electron chi connectivity index (χ4n) is 2.03. The number of anilines is 1. The Morgan fingerprint density at radius 2 is 2.16 bits per heavy atom. The van der Waals surface area contributed by atoms with E-state index in [4.69, 9.17) is 10.8 Å². The lowest BCUT2D eigenvalue weighted by Crippen LogP contribution is -2.44. The van der Waals surface area contributed by atoms with E-state index < -0.39 is 12.0 Å². The maximum Gasteiger partial charge on any atom is 0.327 e. The minimum atomic E-state index is -0.979. The molecule has 0 radical (unpaired) electrons. The standard InChI is InChI=1S/C12H13BrN2O3S/c1-6-15(10(5-19-6)12(17)18)11(16)7-2-8(13)4-9(14)3-7/h2-4,6,10H,5,14H2,1H3,(H,17,18). The predicted octanol–water partition coefficient (Wildman–Crippen LogP) is 2.02. The van der Waals surface area contributed by atoms with Crippen LogP contribution in [-0.2, 0) is 4.79 Å². The summed E-state index contributed by atoms with van der Waals surface area (Å²) in [5.41, 5.74) is 6.56. The highest BCUT2D eigenvalue weighted by atomic mass is 79.9. The van der Waals surface area contributed by atoms with Crippen molar-refractivity contribution in [2.75, 3.05) is 11.5 Å². The fourth-order valence-corrected chi connectivity index (χ4v) is 3.70. The van der Waals surface area contributed by atoms with Crippen LogP contribution in [0.25, 0.3) is 0 Å². The average molecular weight is 345 g/mol. The minimum Gasteiger partial charge on any atom is -0.480 e. The van der Waals surface area contributed by atoms with E-state index in [0.717, 1.165) is 0 Å². The van der Waals surface area contributed by atoms with Crippen LogP contribution in [0.1, 0.15) is 17.3 Å². The van der Waals surface area contributed by atoms with Crippen molar-refractivity contribution < 1.29 is 14.7 Å². The van der Waals surface area contributed by atoms with Crippen molar-refractivity contribution in [3.8, 4) is 0 Å². The van der Waals surface area contributed by atoms with Crippen molar-refractivity contribution in [3.05, 3.63) is 28.2 Å². The summed E-state index contributed by atoms with van der Waals surface area (Å²) >= 11 is 4.73. The number of nitrogens with zero attached hydrogens (tertiary/aromatic N) is 1. The molecule has 2 unspecified atom stereocenters. The Labute approximate surface area is 123 Å². The second-order valence-electron chi connectivity index (χ2n) is 4.27. The molecule has 1 aromatic carbocycles. The normalized spacial score (nSPS) is 22.5. The first kappa shape index (κ1) is 14.2. The Morgan fingerprint density at radius 3 is 2.74 bits per heavy atom. The molecule has 1 aliphatic rings. The van der Waals surface area contributed by atoms with Crippen LogP contribution in [0.4, 0.5) is 5.69 Å². The number of hydrogen-bond acceptors (Lipinski definition) is 4. The Hall–Kier alpha value is -1.21. The molecular formula is C12H13BrN2O3S. The van der Waals surface area contributed by atoms with E-state index in [1.807, 2.05) is 6.92 Å². The molecule has 2 atom stereocenters. The summed E-state index contributed by atoms with van der Waals surface area (Å²) in [6, 6.07) is 4.11. The summed E-state index contributed by atoms with van der Waals surface area (Å²) in [7, 11) is 0. The maximum absolute atomic E-state index is 12.4. The first-order chi connectivity index (χ1) is 8.90. The van der Waals surface area contributed by atoms with Gasteiger partial charge in [0.15, 0.2) is 0 Å². The van der Waals surface area contributed by atoms with Gasteiger partial charge in [-0.05, 0) is 25.1 Å². The van der Waals surface area contributed by atoms with Gasteiger partial charge in [-0.3, -0.25) is 4.79 Å². The number of amides is 1. The van der Waals surface area contributed by atoms with Crippen molar-refractivity contribution in [1.82, 2.24) is 4.90 Å². The second kappa shape index (κ2) is 5.42. The van der Waals surface area contributed by atoms with Crippen LogP contribution in [0.5, 0.6) is 0 Å². The van der Waals surface area contributed by atoms with E-state index >= 15 is 0 Å². The summed E-state index contributed by atoms with van der Waals surface area (Å²) < 4.78 is 0.697. The molecule has 19 heavy (non-hydrogen) atoms. The molecule has 2 rings (SSSR count).